The van der Waals surface area contributed by atoms with Gasteiger partial charge < -0.3 is 14.7 Å². The zero-order valence-electron chi connectivity index (χ0n) is 12.2. The van der Waals surface area contributed by atoms with Crippen molar-refractivity contribution in [2.24, 2.45) is 11.8 Å². The van der Waals surface area contributed by atoms with E-state index >= 15 is 0 Å². The number of rotatable bonds is 5. The highest BCUT2D eigenvalue weighted by Gasteiger charge is 2.43. The van der Waals surface area contributed by atoms with E-state index in [1.807, 2.05) is 0 Å². The Bertz CT molecular complexity index is 452. The third-order valence-corrected chi connectivity index (χ3v) is 4.44. The SMILES string of the molecule is COC(=O)[C@@H]1C[C@@H](C(=O)O)N(C(=O)[C@H](C)CSC(C)=O)C1. The zero-order valence-corrected chi connectivity index (χ0v) is 13.0. The predicted molar refractivity (Wildman–Crippen MR) is 75.6 cm³/mol. The first-order valence-corrected chi connectivity index (χ1v) is 7.51. The van der Waals surface area contributed by atoms with Gasteiger partial charge in [-0.3, -0.25) is 14.4 Å². The van der Waals surface area contributed by atoms with E-state index in [9.17, 15) is 24.3 Å². The highest BCUT2D eigenvalue weighted by atomic mass is 32.2. The lowest BCUT2D eigenvalue weighted by atomic mass is 10.1. The highest BCUT2D eigenvalue weighted by molar-refractivity contribution is 8.13. The lowest BCUT2D eigenvalue weighted by molar-refractivity contribution is -0.149. The van der Waals surface area contributed by atoms with Crippen molar-refractivity contribution >= 4 is 34.7 Å². The van der Waals surface area contributed by atoms with Gasteiger partial charge in [-0.1, -0.05) is 18.7 Å². The van der Waals surface area contributed by atoms with Crippen LogP contribution in [0, 0.1) is 11.8 Å². The van der Waals surface area contributed by atoms with Gasteiger partial charge in [0.1, 0.15) is 6.04 Å². The number of amides is 1. The van der Waals surface area contributed by atoms with Crippen molar-refractivity contribution in [3.8, 4) is 0 Å². The average Bonchev–Trinajstić information content (AvgIpc) is 2.88. The van der Waals surface area contributed by atoms with Crippen molar-refractivity contribution in [2.45, 2.75) is 26.3 Å². The summed E-state index contributed by atoms with van der Waals surface area (Å²) in [5, 5.41) is 9.10. The molecule has 0 aliphatic carbocycles. The Morgan fingerprint density at radius 3 is 2.48 bits per heavy atom. The molecule has 118 valence electrons. The quantitative estimate of drug-likeness (QED) is 0.731. The molecule has 0 aromatic heterocycles. The van der Waals surface area contributed by atoms with Crippen molar-refractivity contribution in [1.29, 1.82) is 0 Å². The molecule has 1 fully saturated rings. The van der Waals surface area contributed by atoms with Gasteiger partial charge in [0.2, 0.25) is 5.91 Å². The Balaban J connectivity index is 2.77. The van der Waals surface area contributed by atoms with Crippen LogP contribution in [-0.4, -0.2) is 58.4 Å². The van der Waals surface area contributed by atoms with Crippen molar-refractivity contribution in [3.05, 3.63) is 0 Å². The summed E-state index contributed by atoms with van der Waals surface area (Å²) in [5.74, 6) is -2.82. The second-order valence-corrected chi connectivity index (χ2v) is 6.20. The molecule has 0 aromatic rings. The van der Waals surface area contributed by atoms with E-state index in [2.05, 4.69) is 4.74 Å². The van der Waals surface area contributed by atoms with Gasteiger partial charge in [0.15, 0.2) is 5.12 Å². The van der Waals surface area contributed by atoms with E-state index in [1.54, 1.807) is 6.92 Å². The maximum Gasteiger partial charge on any atom is 0.326 e. The fraction of sp³-hybridized carbons (Fsp3) is 0.692. The van der Waals surface area contributed by atoms with Crippen LogP contribution in [0.3, 0.4) is 0 Å². The van der Waals surface area contributed by atoms with E-state index in [0.29, 0.717) is 5.75 Å². The number of likely N-dealkylation sites (tertiary alicyclic amines) is 1. The van der Waals surface area contributed by atoms with Gasteiger partial charge in [-0.05, 0) is 6.42 Å². The van der Waals surface area contributed by atoms with E-state index < -0.39 is 29.8 Å². The number of carbonyl (C=O) groups is 4. The van der Waals surface area contributed by atoms with Crippen LogP contribution < -0.4 is 0 Å². The summed E-state index contributed by atoms with van der Waals surface area (Å²) in [6.45, 7) is 3.09. The van der Waals surface area contributed by atoms with Gasteiger partial charge >= 0.3 is 11.9 Å². The third-order valence-electron chi connectivity index (χ3n) is 3.36. The number of carboxylic acid groups (broad SMARTS) is 1. The van der Waals surface area contributed by atoms with Gasteiger partial charge in [-0.2, -0.15) is 0 Å². The molecule has 1 N–H and O–H groups in total. The predicted octanol–water partition coefficient (Wildman–Crippen LogP) is 0.377. The Kier molecular flexibility index (Phi) is 6.19. The summed E-state index contributed by atoms with van der Waals surface area (Å²) in [6, 6.07) is -1.02. The number of hydrogen-bond donors (Lipinski definition) is 1. The molecular weight excluding hydrogens is 298 g/mol. The first-order valence-electron chi connectivity index (χ1n) is 6.52. The molecule has 3 atom stereocenters. The van der Waals surface area contributed by atoms with Crippen LogP contribution in [0.5, 0.6) is 0 Å². The van der Waals surface area contributed by atoms with Crippen molar-refractivity contribution in [2.75, 3.05) is 19.4 Å². The summed E-state index contributed by atoms with van der Waals surface area (Å²) >= 11 is 1.02. The molecule has 0 saturated carbocycles. The zero-order chi connectivity index (χ0) is 16.2. The minimum Gasteiger partial charge on any atom is -0.480 e. The third kappa shape index (κ3) is 4.45. The number of carboxylic acids is 1. The van der Waals surface area contributed by atoms with Crippen LogP contribution in [0.15, 0.2) is 0 Å². The molecule has 1 heterocycles. The molecule has 21 heavy (non-hydrogen) atoms. The molecule has 1 saturated heterocycles. The number of ether oxygens (including phenoxy) is 1. The van der Waals surface area contributed by atoms with Crippen molar-refractivity contribution < 1.29 is 29.0 Å². The molecule has 7 nitrogen and oxygen atoms in total. The molecule has 1 aliphatic rings. The second-order valence-electron chi connectivity index (χ2n) is 5.00. The summed E-state index contributed by atoms with van der Waals surface area (Å²) in [6.07, 6.45) is 0.0559. The smallest absolute Gasteiger partial charge is 0.326 e. The molecular formula is C13H19NO6S. The Hall–Kier alpha value is -1.57. The summed E-state index contributed by atoms with van der Waals surface area (Å²) in [7, 11) is 1.23. The minimum atomic E-state index is -1.14. The largest absolute Gasteiger partial charge is 0.480 e. The van der Waals surface area contributed by atoms with E-state index in [4.69, 9.17) is 0 Å². The van der Waals surface area contributed by atoms with Crippen LogP contribution >= 0.6 is 11.8 Å². The van der Waals surface area contributed by atoms with Crippen LogP contribution in [0.1, 0.15) is 20.3 Å². The molecule has 0 spiro atoms. The monoisotopic (exact) mass is 317 g/mol. The fourth-order valence-corrected chi connectivity index (χ4v) is 2.88. The summed E-state index contributed by atoms with van der Waals surface area (Å²) < 4.78 is 4.61. The van der Waals surface area contributed by atoms with Crippen LogP contribution in [0.4, 0.5) is 0 Å². The number of carbonyl (C=O) groups excluding carboxylic acids is 3. The van der Waals surface area contributed by atoms with Crippen molar-refractivity contribution in [1.82, 2.24) is 4.90 Å². The Morgan fingerprint density at radius 2 is 2.00 bits per heavy atom. The standard InChI is InChI=1S/C13H19NO6S/c1-7(6-21-8(2)15)11(16)14-5-9(13(19)20-3)4-10(14)12(17)18/h7,9-10H,4-6H2,1-3H3,(H,17,18)/t7-,9-,10+/m1/s1. The number of hydrogen-bond acceptors (Lipinski definition) is 6. The molecule has 0 aromatic carbocycles. The van der Waals surface area contributed by atoms with Gasteiger partial charge in [0.25, 0.3) is 0 Å². The average molecular weight is 317 g/mol. The second kappa shape index (κ2) is 7.44. The lowest BCUT2D eigenvalue weighted by Gasteiger charge is -2.24. The fourth-order valence-electron chi connectivity index (χ4n) is 2.25. The maximum atomic E-state index is 12.3. The Labute approximate surface area is 127 Å². The molecule has 1 rings (SSSR count). The molecule has 0 unspecified atom stereocenters. The number of nitrogens with zero attached hydrogens (tertiary/aromatic N) is 1. The van der Waals surface area contributed by atoms with E-state index in [-0.39, 0.29) is 24.0 Å². The van der Waals surface area contributed by atoms with Gasteiger partial charge in [0.05, 0.1) is 13.0 Å². The maximum absolute atomic E-state index is 12.3. The van der Waals surface area contributed by atoms with Gasteiger partial charge in [-0.15, -0.1) is 0 Å². The van der Waals surface area contributed by atoms with Gasteiger partial charge in [-0.25, -0.2) is 4.79 Å². The summed E-state index contributed by atoms with van der Waals surface area (Å²) in [4.78, 5) is 47.2. The van der Waals surface area contributed by atoms with Gasteiger partial charge in [0, 0.05) is 25.1 Å². The normalized spacial score (nSPS) is 22.7. The van der Waals surface area contributed by atoms with Crippen LogP contribution in [-0.2, 0) is 23.9 Å². The first-order chi connectivity index (χ1) is 9.77. The van der Waals surface area contributed by atoms with Crippen LogP contribution in [0.25, 0.3) is 0 Å². The number of methoxy groups -OCH3 is 1. The van der Waals surface area contributed by atoms with E-state index in [0.717, 1.165) is 11.8 Å². The first kappa shape index (κ1) is 17.5. The number of aliphatic carboxylic acids is 1. The molecule has 0 radical (unpaired) electrons. The minimum absolute atomic E-state index is 0.0392. The van der Waals surface area contributed by atoms with Crippen LogP contribution in [0.2, 0.25) is 0 Å². The lowest BCUT2D eigenvalue weighted by Crippen LogP contribution is -2.43. The number of thioether (sulfide) groups is 1. The molecule has 1 aliphatic heterocycles. The molecule has 8 heteroatoms. The Morgan fingerprint density at radius 1 is 1.38 bits per heavy atom. The molecule has 1 amide bonds. The molecule has 0 bridgehead atoms. The van der Waals surface area contributed by atoms with Crippen molar-refractivity contribution in [3.63, 3.8) is 0 Å². The van der Waals surface area contributed by atoms with E-state index in [1.165, 1.54) is 18.9 Å². The topological polar surface area (TPSA) is 101 Å². The highest BCUT2D eigenvalue weighted by Crippen LogP contribution is 2.27. The summed E-state index contributed by atoms with van der Waals surface area (Å²) in [5.41, 5.74) is 0. The number of esters is 1.